The molecule has 0 spiro atoms. The van der Waals surface area contributed by atoms with Gasteiger partial charge in [0.15, 0.2) is 5.17 Å². The molecule has 1 saturated carbocycles. The van der Waals surface area contributed by atoms with Gasteiger partial charge in [-0.2, -0.15) is 5.26 Å². The lowest BCUT2D eigenvalue weighted by molar-refractivity contribution is -0.120. The molecular formula is C30H35F2N5O2S. The van der Waals surface area contributed by atoms with E-state index in [9.17, 15) is 4.79 Å². The first-order valence-corrected chi connectivity index (χ1v) is 14.8. The van der Waals surface area contributed by atoms with Crippen molar-refractivity contribution < 1.29 is 18.3 Å². The van der Waals surface area contributed by atoms with Gasteiger partial charge in [-0.15, -0.1) is 0 Å². The fourth-order valence-electron chi connectivity index (χ4n) is 6.68. The van der Waals surface area contributed by atoms with Crippen LogP contribution < -0.4 is 11.1 Å². The number of rotatable bonds is 5. The van der Waals surface area contributed by atoms with E-state index in [1.165, 1.54) is 42.2 Å². The fraction of sp³-hybridized carbons (Fsp3) is 0.533. The van der Waals surface area contributed by atoms with Gasteiger partial charge >= 0.3 is 0 Å². The first-order chi connectivity index (χ1) is 19.0. The van der Waals surface area contributed by atoms with Gasteiger partial charge in [-0.1, -0.05) is 25.6 Å². The number of amides is 1. The topological polar surface area (TPSA) is 113 Å². The fourth-order valence-corrected chi connectivity index (χ4v) is 7.69. The predicted octanol–water partition coefficient (Wildman–Crippen LogP) is 5.81. The summed E-state index contributed by atoms with van der Waals surface area (Å²) in [5.41, 5.74) is 5.09. The molecule has 3 heterocycles. The normalized spacial score (nSPS) is 32.1. The number of nitrogens with one attached hydrogen (secondary N) is 1. The number of aliphatic imine (C=N–C) groups is 1. The van der Waals surface area contributed by atoms with Crippen LogP contribution in [0.4, 0.5) is 14.5 Å². The number of halogens is 2. The number of alkyl halides is 1. The monoisotopic (exact) mass is 567 g/mol. The molecule has 3 N–H and O–H groups in total. The number of fused-ring (bicyclic) bond motifs is 1. The molecule has 1 aromatic carbocycles. The Morgan fingerprint density at radius 2 is 2.12 bits per heavy atom. The minimum Gasteiger partial charge on any atom is -0.379 e. The number of carbonyl (C=O) groups excluding carboxylic acids is 1. The van der Waals surface area contributed by atoms with E-state index in [1.807, 2.05) is 6.07 Å². The maximum atomic E-state index is 15.5. The van der Waals surface area contributed by atoms with E-state index < -0.39 is 22.9 Å². The van der Waals surface area contributed by atoms with Crippen LogP contribution >= 0.6 is 11.8 Å². The molecule has 5 rings (SSSR count). The highest BCUT2D eigenvalue weighted by molar-refractivity contribution is 8.13. The molecular weight excluding hydrogens is 532 g/mol. The largest absolute Gasteiger partial charge is 0.379 e. The molecule has 7 nitrogen and oxygen atoms in total. The number of thioether (sulfide) groups is 1. The summed E-state index contributed by atoms with van der Waals surface area (Å²) in [6.45, 7) is 6.19. The lowest BCUT2D eigenvalue weighted by Crippen LogP contribution is -2.54. The average Bonchev–Trinajstić information content (AvgIpc) is 2.93. The number of anilines is 1. The lowest BCUT2D eigenvalue weighted by Gasteiger charge is -2.51. The number of amidine groups is 1. The summed E-state index contributed by atoms with van der Waals surface area (Å²) in [6.07, 6.45) is 3.64. The molecule has 6 atom stereocenters. The van der Waals surface area contributed by atoms with Crippen LogP contribution in [0.15, 0.2) is 41.5 Å². The van der Waals surface area contributed by atoms with E-state index in [1.54, 1.807) is 13.0 Å². The van der Waals surface area contributed by atoms with Crippen molar-refractivity contribution >= 4 is 28.5 Å². The molecule has 3 aliphatic rings. The third kappa shape index (κ3) is 5.59. The Morgan fingerprint density at radius 1 is 1.32 bits per heavy atom. The van der Waals surface area contributed by atoms with Crippen LogP contribution in [0.2, 0.25) is 0 Å². The summed E-state index contributed by atoms with van der Waals surface area (Å²) in [7, 11) is 0. The van der Waals surface area contributed by atoms with Crippen molar-refractivity contribution in [3.05, 3.63) is 59.2 Å². The number of nitrogens with two attached hydrogens (primary N) is 1. The van der Waals surface area contributed by atoms with Crippen LogP contribution in [-0.2, 0) is 10.3 Å². The van der Waals surface area contributed by atoms with Crippen LogP contribution in [-0.4, -0.2) is 40.2 Å². The first-order valence-electron chi connectivity index (χ1n) is 13.8. The third-order valence-electron chi connectivity index (χ3n) is 8.81. The molecule has 2 fully saturated rings. The zero-order chi connectivity index (χ0) is 28.7. The molecule has 0 radical (unpaired) electrons. The molecule has 3 unspecified atom stereocenters. The molecule has 0 bridgehead atoms. The smallest absolute Gasteiger partial charge is 0.274 e. The quantitative estimate of drug-likeness (QED) is 0.472. The minimum absolute atomic E-state index is 0.0744. The van der Waals surface area contributed by atoms with Gasteiger partial charge in [-0.3, -0.25) is 4.79 Å². The Hall–Kier alpha value is -3.03. The second-order valence-electron chi connectivity index (χ2n) is 11.9. The number of hydrogen-bond donors (Lipinski definition) is 2. The first kappa shape index (κ1) is 28.5. The maximum Gasteiger partial charge on any atom is 0.274 e. The van der Waals surface area contributed by atoms with Gasteiger partial charge in [0, 0.05) is 29.1 Å². The van der Waals surface area contributed by atoms with Crippen molar-refractivity contribution in [2.75, 3.05) is 17.7 Å². The zero-order valence-corrected chi connectivity index (χ0v) is 23.8. The van der Waals surface area contributed by atoms with Gasteiger partial charge in [0.2, 0.25) is 0 Å². The van der Waals surface area contributed by atoms with Crippen molar-refractivity contribution in [3.8, 4) is 6.07 Å². The third-order valence-corrected chi connectivity index (χ3v) is 9.77. The second kappa shape index (κ2) is 11.1. The molecule has 2 aliphatic heterocycles. The van der Waals surface area contributed by atoms with E-state index >= 15 is 8.78 Å². The maximum absolute atomic E-state index is 15.5. The number of pyridine rings is 1. The second-order valence-corrected chi connectivity index (χ2v) is 12.9. The number of nitrogens with zero attached hydrogens (tertiary/aromatic N) is 3. The molecule has 212 valence electrons. The highest BCUT2D eigenvalue weighted by Gasteiger charge is 2.53. The van der Waals surface area contributed by atoms with Crippen molar-refractivity contribution in [2.24, 2.45) is 34.4 Å². The van der Waals surface area contributed by atoms with Crippen LogP contribution in [0.1, 0.15) is 68.1 Å². The van der Waals surface area contributed by atoms with Crippen molar-refractivity contribution in [2.45, 2.75) is 63.8 Å². The van der Waals surface area contributed by atoms with Crippen molar-refractivity contribution in [1.29, 1.82) is 5.26 Å². The van der Waals surface area contributed by atoms with Gasteiger partial charge in [0.05, 0.1) is 18.3 Å². The molecule has 2 aromatic rings. The highest BCUT2D eigenvalue weighted by atomic mass is 32.2. The molecule has 1 aliphatic carbocycles. The van der Waals surface area contributed by atoms with Crippen molar-refractivity contribution in [3.63, 3.8) is 0 Å². The van der Waals surface area contributed by atoms with Crippen LogP contribution in [0.5, 0.6) is 0 Å². The lowest BCUT2D eigenvalue weighted by atomic mass is 9.64. The number of carbonyl (C=O) groups is 1. The number of ether oxygens (including phenoxy) is 1. The minimum atomic E-state index is -1.22. The van der Waals surface area contributed by atoms with E-state index in [-0.39, 0.29) is 30.2 Å². The van der Waals surface area contributed by atoms with Gasteiger partial charge in [0.25, 0.3) is 5.91 Å². The Labute approximate surface area is 238 Å². The summed E-state index contributed by atoms with van der Waals surface area (Å²) >= 11 is 1.45. The number of nitriles is 1. The summed E-state index contributed by atoms with van der Waals surface area (Å²) in [5.74, 6) is 0.469. The van der Waals surface area contributed by atoms with Gasteiger partial charge in [-0.25, -0.2) is 18.8 Å². The Morgan fingerprint density at radius 3 is 2.83 bits per heavy atom. The highest BCUT2D eigenvalue weighted by Crippen LogP contribution is 2.52. The molecule has 1 saturated heterocycles. The average molecular weight is 568 g/mol. The van der Waals surface area contributed by atoms with Crippen molar-refractivity contribution in [1.82, 2.24) is 4.98 Å². The summed E-state index contributed by atoms with van der Waals surface area (Å²) < 4.78 is 37.2. The molecule has 1 amide bonds. The van der Waals surface area contributed by atoms with E-state index in [2.05, 4.69) is 24.1 Å². The van der Waals surface area contributed by atoms with Crippen LogP contribution in [0, 0.1) is 40.8 Å². The molecule has 1 aromatic heterocycles. The molecule has 40 heavy (non-hydrogen) atoms. The summed E-state index contributed by atoms with van der Waals surface area (Å²) in [5, 5.41) is 12.1. The Bertz CT molecular complexity index is 1340. The zero-order valence-electron chi connectivity index (χ0n) is 23.0. The van der Waals surface area contributed by atoms with E-state index in [0.717, 1.165) is 6.42 Å². The van der Waals surface area contributed by atoms with Crippen LogP contribution in [0.3, 0.4) is 0 Å². The summed E-state index contributed by atoms with van der Waals surface area (Å²) in [6, 6.07) is 9.33. The predicted molar refractivity (Wildman–Crippen MR) is 152 cm³/mol. The Balaban J connectivity index is 1.43. The summed E-state index contributed by atoms with van der Waals surface area (Å²) in [4.78, 5) is 21.6. The molecule has 10 heteroatoms. The number of benzene rings is 1. The van der Waals surface area contributed by atoms with Crippen LogP contribution in [0.25, 0.3) is 0 Å². The number of aromatic nitrogens is 1. The van der Waals surface area contributed by atoms with Gasteiger partial charge in [-0.05, 0) is 80.7 Å². The van der Waals surface area contributed by atoms with E-state index in [4.69, 9.17) is 20.7 Å². The van der Waals surface area contributed by atoms with Gasteiger partial charge < -0.3 is 15.8 Å². The Kier molecular flexibility index (Phi) is 7.90. The standard InChI is InChI=1S/C30H35F2N5O2S/c1-17(2)21-8-9-29(3,32)12-22(21)26-10-19-15-40-28(34)37-30(19,16-39-26)23-11-20(5-6-24(23)31)36-27(38)25-7-4-18(13-33)14-35-25/h4-7,11,14,17,19,21-22,26H,8-10,12,15-16H2,1-3H3,(H2,34,37)(H,36,38)/t19-,21?,22?,26+,29?,30-/m0/s1. The van der Waals surface area contributed by atoms with E-state index in [0.29, 0.717) is 58.8 Å². The van der Waals surface area contributed by atoms with Gasteiger partial charge in [0.1, 0.15) is 28.8 Å². The number of hydrogen-bond acceptors (Lipinski definition) is 7. The SMILES string of the molecule is CC(C)C1CCC(C)(F)CC1[C@H]1C[C@H]2CSC(N)=N[C@@]2(c2cc(NC(=O)c3ccc(C#N)cn3)ccc2F)CO1.